The van der Waals surface area contributed by atoms with Gasteiger partial charge in [-0.2, -0.15) is 0 Å². The second-order valence-corrected chi connectivity index (χ2v) is 5.82. The molecule has 0 fully saturated rings. The molecule has 1 N–H and O–H groups in total. The lowest BCUT2D eigenvalue weighted by atomic mass is 9.85. The summed E-state index contributed by atoms with van der Waals surface area (Å²) in [5.74, 6) is -0.445. The van der Waals surface area contributed by atoms with Crippen LogP contribution in [0, 0.1) is 0 Å². The molecule has 0 aliphatic rings. The Morgan fingerprint density at radius 3 is 2.18 bits per heavy atom. The Kier molecular flexibility index (Phi) is 4.11. The van der Waals surface area contributed by atoms with Crippen molar-refractivity contribution in [2.45, 2.75) is 5.92 Å². The van der Waals surface area contributed by atoms with E-state index in [9.17, 15) is 9.90 Å². The zero-order valence-corrected chi connectivity index (χ0v) is 13.2. The van der Waals surface area contributed by atoms with Crippen LogP contribution >= 0.6 is 15.9 Å². The molecule has 1 aromatic heterocycles. The highest BCUT2D eigenvalue weighted by Gasteiger charge is 2.23. The Labute approximate surface area is 136 Å². The van der Waals surface area contributed by atoms with Crippen molar-refractivity contribution in [2.24, 2.45) is 0 Å². The fourth-order valence-electron chi connectivity index (χ4n) is 2.51. The maximum atomic E-state index is 12.2. The van der Waals surface area contributed by atoms with E-state index in [1.54, 1.807) is 0 Å². The van der Waals surface area contributed by atoms with Gasteiger partial charge < -0.3 is 9.52 Å². The molecule has 1 heterocycles. The molecule has 0 saturated heterocycles. The van der Waals surface area contributed by atoms with Gasteiger partial charge in [0.15, 0.2) is 0 Å². The zero-order chi connectivity index (χ0) is 15.5. The Hall–Kier alpha value is -2.33. The zero-order valence-electron chi connectivity index (χ0n) is 11.6. The van der Waals surface area contributed by atoms with Gasteiger partial charge in [-0.05, 0) is 23.3 Å². The maximum Gasteiger partial charge on any atom is 0.343 e. The van der Waals surface area contributed by atoms with Crippen LogP contribution in [0.25, 0.3) is 0 Å². The predicted octanol–water partition coefficient (Wildman–Crippen LogP) is 4.29. The van der Waals surface area contributed by atoms with Crippen molar-refractivity contribution in [3.63, 3.8) is 0 Å². The molecule has 1 atom stereocenters. The number of hydrogen-bond donors (Lipinski definition) is 1. The molecule has 3 aromatic rings. The van der Waals surface area contributed by atoms with Gasteiger partial charge in [-0.1, -0.05) is 58.4 Å². The third-order valence-electron chi connectivity index (χ3n) is 3.52. The van der Waals surface area contributed by atoms with E-state index in [1.165, 1.54) is 12.3 Å². The second-order valence-electron chi connectivity index (χ2n) is 4.90. The van der Waals surface area contributed by atoms with Crippen molar-refractivity contribution in [3.8, 4) is 5.75 Å². The Morgan fingerprint density at radius 1 is 0.909 bits per heavy atom. The molecule has 0 saturated carbocycles. The van der Waals surface area contributed by atoms with E-state index in [2.05, 4.69) is 15.9 Å². The number of rotatable bonds is 3. The molecule has 3 nitrogen and oxygen atoms in total. The summed E-state index contributed by atoms with van der Waals surface area (Å²) in [6.07, 6.45) is 1.20. The average molecular weight is 357 g/mol. The maximum absolute atomic E-state index is 12.2. The first-order chi connectivity index (χ1) is 10.7. The second kappa shape index (κ2) is 6.20. The highest BCUT2D eigenvalue weighted by atomic mass is 79.9. The van der Waals surface area contributed by atoms with Crippen LogP contribution in [0.3, 0.4) is 0 Å². The minimum absolute atomic E-state index is 0.0620. The molecule has 110 valence electrons. The molecule has 0 spiro atoms. The smallest absolute Gasteiger partial charge is 0.343 e. The SMILES string of the molecule is O=c1occc(O)c1C(c1ccccc1)c1ccc(Br)cc1. The van der Waals surface area contributed by atoms with E-state index in [-0.39, 0.29) is 17.2 Å². The predicted molar refractivity (Wildman–Crippen MR) is 88.2 cm³/mol. The quantitative estimate of drug-likeness (QED) is 0.761. The fourth-order valence-corrected chi connectivity index (χ4v) is 2.77. The summed E-state index contributed by atoms with van der Waals surface area (Å²) < 4.78 is 5.91. The summed E-state index contributed by atoms with van der Waals surface area (Å²) in [7, 11) is 0. The summed E-state index contributed by atoms with van der Waals surface area (Å²) in [5.41, 5.74) is 1.54. The van der Waals surface area contributed by atoms with E-state index in [1.807, 2.05) is 54.6 Å². The summed E-state index contributed by atoms with van der Waals surface area (Å²) in [6.45, 7) is 0. The third-order valence-corrected chi connectivity index (χ3v) is 4.05. The molecule has 3 rings (SSSR count). The molecule has 22 heavy (non-hydrogen) atoms. The van der Waals surface area contributed by atoms with Crippen molar-refractivity contribution in [1.82, 2.24) is 0 Å². The lowest BCUT2D eigenvalue weighted by Crippen LogP contribution is -2.14. The molecular weight excluding hydrogens is 344 g/mol. The van der Waals surface area contributed by atoms with Crippen molar-refractivity contribution in [3.05, 3.63) is 98.5 Å². The monoisotopic (exact) mass is 356 g/mol. The van der Waals surface area contributed by atoms with Crippen LogP contribution < -0.4 is 5.63 Å². The van der Waals surface area contributed by atoms with Crippen LogP contribution in [0.5, 0.6) is 5.75 Å². The van der Waals surface area contributed by atoms with Gasteiger partial charge in [0.25, 0.3) is 0 Å². The average Bonchev–Trinajstić information content (AvgIpc) is 2.53. The summed E-state index contributed by atoms with van der Waals surface area (Å²) >= 11 is 3.41. The van der Waals surface area contributed by atoms with Crippen LogP contribution in [0.15, 0.2) is 80.6 Å². The Bertz CT molecular complexity index is 823. The standard InChI is InChI=1S/C18H13BrO3/c19-14-8-6-13(7-9-14)16(12-4-2-1-3-5-12)17-15(20)10-11-22-18(17)21/h1-11,16,20H. The van der Waals surface area contributed by atoms with Crippen molar-refractivity contribution in [2.75, 3.05) is 0 Å². The highest BCUT2D eigenvalue weighted by Crippen LogP contribution is 2.34. The van der Waals surface area contributed by atoms with E-state index in [0.29, 0.717) is 0 Å². The first-order valence-electron chi connectivity index (χ1n) is 6.78. The van der Waals surface area contributed by atoms with Crippen LogP contribution in [-0.2, 0) is 0 Å². The van der Waals surface area contributed by atoms with E-state index in [4.69, 9.17) is 4.42 Å². The molecule has 0 amide bonds. The van der Waals surface area contributed by atoms with Crippen LogP contribution in [0.1, 0.15) is 22.6 Å². The normalized spacial score (nSPS) is 12.0. The van der Waals surface area contributed by atoms with E-state index < -0.39 is 5.63 Å². The van der Waals surface area contributed by atoms with Crippen molar-refractivity contribution >= 4 is 15.9 Å². The van der Waals surface area contributed by atoms with Gasteiger partial charge >= 0.3 is 5.63 Å². The Balaban J connectivity index is 2.24. The van der Waals surface area contributed by atoms with Crippen LogP contribution in [0.2, 0.25) is 0 Å². The largest absolute Gasteiger partial charge is 0.507 e. The summed E-state index contributed by atoms with van der Waals surface area (Å²) in [5, 5.41) is 10.2. The lowest BCUT2D eigenvalue weighted by Gasteiger charge is -2.18. The van der Waals surface area contributed by atoms with E-state index >= 15 is 0 Å². The third kappa shape index (κ3) is 2.83. The molecule has 1 unspecified atom stereocenters. The van der Waals surface area contributed by atoms with Crippen LogP contribution in [0.4, 0.5) is 0 Å². The van der Waals surface area contributed by atoms with Gasteiger partial charge in [-0.25, -0.2) is 4.79 Å². The summed E-state index contributed by atoms with van der Waals surface area (Å²) in [6, 6.07) is 18.6. The molecule has 0 aliphatic carbocycles. The van der Waals surface area contributed by atoms with Gasteiger partial charge in [-0.15, -0.1) is 0 Å². The van der Waals surface area contributed by atoms with E-state index in [0.717, 1.165) is 15.6 Å². The minimum Gasteiger partial charge on any atom is -0.507 e. The molecule has 0 radical (unpaired) electrons. The van der Waals surface area contributed by atoms with Gasteiger partial charge in [-0.3, -0.25) is 0 Å². The topological polar surface area (TPSA) is 50.4 Å². The van der Waals surface area contributed by atoms with Crippen molar-refractivity contribution in [1.29, 1.82) is 0 Å². The molecule has 0 bridgehead atoms. The highest BCUT2D eigenvalue weighted by molar-refractivity contribution is 9.10. The minimum atomic E-state index is -0.531. The lowest BCUT2D eigenvalue weighted by molar-refractivity contribution is 0.433. The molecular formula is C18H13BrO3. The molecule has 0 aliphatic heterocycles. The number of halogens is 1. The first-order valence-corrected chi connectivity index (χ1v) is 7.57. The van der Waals surface area contributed by atoms with Crippen molar-refractivity contribution < 1.29 is 9.52 Å². The van der Waals surface area contributed by atoms with Gasteiger partial charge in [0.1, 0.15) is 5.75 Å². The number of aromatic hydroxyl groups is 1. The molecule has 4 heteroatoms. The van der Waals surface area contributed by atoms with Gasteiger partial charge in [0, 0.05) is 16.5 Å². The Morgan fingerprint density at radius 2 is 1.55 bits per heavy atom. The molecule has 2 aromatic carbocycles. The van der Waals surface area contributed by atoms with Gasteiger partial charge in [0.05, 0.1) is 11.8 Å². The summed E-state index contributed by atoms with van der Waals surface area (Å²) in [4.78, 5) is 12.2. The van der Waals surface area contributed by atoms with Gasteiger partial charge in [0.2, 0.25) is 0 Å². The fraction of sp³-hybridized carbons (Fsp3) is 0.0556. The number of hydrogen-bond acceptors (Lipinski definition) is 3. The van der Waals surface area contributed by atoms with Crippen LogP contribution in [-0.4, -0.2) is 5.11 Å². The number of benzene rings is 2. The first kappa shape index (κ1) is 14.6.